The molecule has 0 saturated carbocycles. The van der Waals surface area contributed by atoms with E-state index >= 15 is 0 Å². The van der Waals surface area contributed by atoms with Gasteiger partial charge in [-0.15, -0.1) is 11.3 Å². The van der Waals surface area contributed by atoms with Gasteiger partial charge in [-0.05, 0) is 50.3 Å². The van der Waals surface area contributed by atoms with Crippen LogP contribution in [0.25, 0.3) is 21.3 Å². The van der Waals surface area contributed by atoms with Crippen LogP contribution in [0.3, 0.4) is 0 Å². The van der Waals surface area contributed by atoms with E-state index in [0.29, 0.717) is 21.8 Å². The van der Waals surface area contributed by atoms with Crippen LogP contribution in [-0.4, -0.2) is 26.9 Å². The summed E-state index contributed by atoms with van der Waals surface area (Å²) >= 11 is 7.42. The predicted molar refractivity (Wildman–Crippen MR) is 118 cm³/mol. The highest BCUT2D eigenvalue weighted by molar-refractivity contribution is 7.17. The average molecular weight is 428 g/mol. The molecule has 1 aliphatic carbocycles. The molecule has 3 aromatic rings. The quantitative estimate of drug-likeness (QED) is 0.570. The summed E-state index contributed by atoms with van der Waals surface area (Å²) in [6.07, 6.45) is 7.81. The number of carbonyl (C=O) groups excluding carboxylic acids is 1. The van der Waals surface area contributed by atoms with Gasteiger partial charge in [0.05, 0.1) is 11.7 Å². The van der Waals surface area contributed by atoms with Gasteiger partial charge in [-0.3, -0.25) is 14.2 Å². The number of carbonyl (C=O) groups is 1. The van der Waals surface area contributed by atoms with E-state index in [2.05, 4.69) is 11.1 Å². The van der Waals surface area contributed by atoms with Gasteiger partial charge in [0.1, 0.15) is 11.4 Å². The largest absolute Gasteiger partial charge is 0.315 e. The normalized spacial score (nSPS) is 14.1. The molecule has 0 N–H and O–H groups in total. The van der Waals surface area contributed by atoms with Crippen molar-refractivity contribution in [2.75, 3.05) is 6.54 Å². The Labute approximate surface area is 178 Å². The Hall–Kier alpha value is -2.44. The first kappa shape index (κ1) is 19.9. The van der Waals surface area contributed by atoms with Crippen molar-refractivity contribution in [3.05, 3.63) is 63.1 Å². The summed E-state index contributed by atoms with van der Waals surface area (Å²) in [5, 5.41) is 3.12. The Morgan fingerprint density at radius 1 is 1.28 bits per heavy atom. The number of hydrogen-bond donors (Lipinski definition) is 0. The van der Waals surface area contributed by atoms with Gasteiger partial charge in [0.2, 0.25) is 5.91 Å². The number of hydrogen-bond acceptors (Lipinski definition) is 4. The zero-order valence-corrected chi connectivity index (χ0v) is 17.8. The molecule has 0 aliphatic heterocycles. The fourth-order valence-corrected chi connectivity index (χ4v) is 4.79. The second kappa shape index (κ2) is 8.51. The fourth-order valence-electron chi connectivity index (χ4n) is 3.76. The maximum atomic E-state index is 13.2. The van der Waals surface area contributed by atoms with E-state index in [0.717, 1.165) is 36.1 Å². The van der Waals surface area contributed by atoms with E-state index in [1.807, 2.05) is 24.4 Å². The molecule has 2 heterocycles. The van der Waals surface area contributed by atoms with Crippen molar-refractivity contribution in [1.82, 2.24) is 14.5 Å². The first-order valence-corrected chi connectivity index (χ1v) is 11.1. The smallest absolute Gasteiger partial charge is 0.263 e. The molecule has 29 heavy (non-hydrogen) atoms. The average Bonchev–Trinajstić information content (AvgIpc) is 3.17. The van der Waals surface area contributed by atoms with E-state index in [9.17, 15) is 9.59 Å². The van der Waals surface area contributed by atoms with E-state index in [-0.39, 0.29) is 18.0 Å². The van der Waals surface area contributed by atoms with Crippen LogP contribution >= 0.6 is 22.9 Å². The zero-order valence-electron chi connectivity index (χ0n) is 16.2. The van der Waals surface area contributed by atoms with Crippen LogP contribution in [0.15, 0.2) is 52.5 Å². The number of aromatic nitrogens is 2. The SMILES string of the molecule is CCN(C(=O)Cn1cnc2scc(-c3ccc(Cl)cc3)c2c1=O)C1=CCCCC1. The summed E-state index contributed by atoms with van der Waals surface area (Å²) in [5.41, 5.74) is 2.61. The van der Waals surface area contributed by atoms with Crippen LogP contribution in [0.2, 0.25) is 5.02 Å². The molecular formula is C22H22ClN3O2S. The Morgan fingerprint density at radius 2 is 2.07 bits per heavy atom. The molecule has 0 spiro atoms. The minimum Gasteiger partial charge on any atom is -0.315 e. The third-order valence-electron chi connectivity index (χ3n) is 5.25. The number of fused-ring (bicyclic) bond motifs is 1. The minimum atomic E-state index is -0.191. The van der Waals surface area contributed by atoms with Gasteiger partial charge in [0, 0.05) is 28.2 Å². The lowest BCUT2D eigenvalue weighted by atomic mass is 10.0. The molecule has 5 nitrogen and oxygen atoms in total. The summed E-state index contributed by atoms with van der Waals surface area (Å²) in [7, 11) is 0. The predicted octanol–water partition coefficient (Wildman–Crippen LogP) is 5.08. The summed E-state index contributed by atoms with van der Waals surface area (Å²) in [6.45, 7) is 2.56. The molecule has 0 atom stereocenters. The number of nitrogens with zero attached hydrogens (tertiary/aromatic N) is 3. The molecule has 150 valence electrons. The van der Waals surface area contributed by atoms with E-state index in [4.69, 9.17) is 11.6 Å². The third kappa shape index (κ3) is 4.00. The summed E-state index contributed by atoms with van der Waals surface area (Å²) in [6, 6.07) is 7.38. The lowest BCUT2D eigenvalue weighted by Gasteiger charge is -2.26. The van der Waals surface area contributed by atoms with Crippen LogP contribution in [-0.2, 0) is 11.3 Å². The number of allylic oxidation sites excluding steroid dienone is 2. The molecule has 1 aromatic carbocycles. The van der Waals surface area contributed by atoms with Crippen LogP contribution in [0.1, 0.15) is 32.6 Å². The number of thiophene rings is 1. The van der Waals surface area contributed by atoms with Crippen molar-refractivity contribution < 1.29 is 4.79 Å². The molecule has 1 aliphatic rings. The van der Waals surface area contributed by atoms with E-state index < -0.39 is 0 Å². The Bertz CT molecular complexity index is 1130. The van der Waals surface area contributed by atoms with E-state index in [1.165, 1.54) is 28.7 Å². The summed E-state index contributed by atoms with van der Waals surface area (Å²) in [4.78, 5) is 33.0. The monoisotopic (exact) mass is 427 g/mol. The molecule has 0 radical (unpaired) electrons. The van der Waals surface area contributed by atoms with Crippen molar-refractivity contribution >= 4 is 39.1 Å². The molecule has 1 amide bonds. The third-order valence-corrected chi connectivity index (χ3v) is 6.39. The highest BCUT2D eigenvalue weighted by Crippen LogP contribution is 2.31. The highest BCUT2D eigenvalue weighted by atomic mass is 35.5. The zero-order chi connectivity index (χ0) is 20.4. The van der Waals surface area contributed by atoms with Crippen LogP contribution in [0.4, 0.5) is 0 Å². The second-order valence-corrected chi connectivity index (χ2v) is 8.39. The maximum Gasteiger partial charge on any atom is 0.263 e. The van der Waals surface area contributed by atoms with Gasteiger partial charge in [0.15, 0.2) is 0 Å². The second-order valence-electron chi connectivity index (χ2n) is 7.09. The Balaban J connectivity index is 1.68. The van der Waals surface area contributed by atoms with Gasteiger partial charge in [-0.1, -0.05) is 29.8 Å². The topological polar surface area (TPSA) is 55.2 Å². The van der Waals surface area contributed by atoms with Crippen molar-refractivity contribution in [3.63, 3.8) is 0 Å². The van der Waals surface area contributed by atoms with Crippen LogP contribution in [0, 0.1) is 0 Å². The number of benzene rings is 1. The van der Waals surface area contributed by atoms with Crippen molar-refractivity contribution in [3.8, 4) is 11.1 Å². The Kier molecular flexibility index (Phi) is 5.83. The highest BCUT2D eigenvalue weighted by Gasteiger charge is 2.20. The first-order chi connectivity index (χ1) is 14.1. The van der Waals surface area contributed by atoms with Crippen molar-refractivity contribution in [1.29, 1.82) is 0 Å². The van der Waals surface area contributed by atoms with Crippen molar-refractivity contribution in [2.24, 2.45) is 0 Å². The lowest BCUT2D eigenvalue weighted by Crippen LogP contribution is -2.36. The molecule has 7 heteroatoms. The summed E-state index contributed by atoms with van der Waals surface area (Å²) < 4.78 is 1.42. The van der Waals surface area contributed by atoms with Gasteiger partial charge < -0.3 is 4.90 Å². The minimum absolute atomic E-state index is 0.0111. The van der Waals surface area contributed by atoms with E-state index in [1.54, 1.807) is 17.0 Å². The lowest BCUT2D eigenvalue weighted by molar-refractivity contribution is -0.130. The van der Waals surface area contributed by atoms with Gasteiger partial charge >= 0.3 is 0 Å². The van der Waals surface area contributed by atoms with Gasteiger partial charge in [-0.25, -0.2) is 4.98 Å². The van der Waals surface area contributed by atoms with Gasteiger partial charge in [-0.2, -0.15) is 0 Å². The molecule has 0 bridgehead atoms. The molecule has 2 aromatic heterocycles. The number of amides is 1. The number of halogens is 1. The van der Waals surface area contributed by atoms with Crippen LogP contribution < -0.4 is 5.56 Å². The fraction of sp³-hybridized carbons (Fsp3) is 0.318. The summed E-state index contributed by atoms with van der Waals surface area (Å²) in [5.74, 6) is -0.0767. The number of rotatable bonds is 5. The molecule has 4 rings (SSSR count). The number of likely N-dealkylation sites (N-methyl/N-ethyl adjacent to an activating group) is 1. The Morgan fingerprint density at radius 3 is 2.76 bits per heavy atom. The molecule has 0 saturated heterocycles. The molecule has 0 unspecified atom stereocenters. The first-order valence-electron chi connectivity index (χ1n) is 9.80. The maximum absolute atomic E-state index is 13.2. The molecular weight excluding hydrogens is 406 g/mol. The van der Waals surface area contributed by atoms with Crippen molar-refractivity contribution in [2.45, 2.75) is 39.2 Å². The van der Waals surface area contributed by atoms with Gasteiger partial charge in [0.25, 0.3) is 5.56 Å². The van der Waals surface area contributed by atoms with Crippen LogP contribution in [0.5, 0.6) is 0 Å². The molecule has 0 fully saturated rings. The standard InChI is InChI=1S/C22H22ClN3O2S/c1-2-26(17-6-4-3-5-7-17)19(27)12-25-14-24-21-20(22(25)28)18(13-29-21)15-8-10-16(23)11-9-15/h6,8-11,13-14H,2-5,7,12H2,1H3.